The molecular weight excluding hydrogens is 362 g/mol. The standard InChI is InChI=1S/C24H31N3O2/c1-5-18-10-8-9-17(2)21(18)26-23(29)24(3,4)22(28)25-19-11-13-20(14-12-19)27-15-6-7-16-27/h8-14H,5-7,15-16H2,1-4H3,(H,25,28)(H,26,29). The predicted molar refractivity (Wildman–Crippen MR) is 119 cm³/mol. The maximum absolute atomic E-state index is 12.9. The van der Waals surface area contributed by atoms with Crippen LogP contribution < -0.4 is 15.5 Å². The molecule has 5 nitrogen and oxygen atoms in total. The Labute approximate surface area is 173 Å². The Bertz CT molecular complexity index is 881. The molecule has 1 saturated heterocycles. The highest BCUT2D eigenvalue weighted by Crippen LogP contribution is 2.27. The quantitative estimate of drug-likeness (QED) is 0.696. The minimum atomic E-state index is -1.21. The van der Waals surface area contributed by atoms with Crippen molar-refractivity contribution in [3.8, 4) is 0 Å². The van der Waals surface area contributed by atoms with Gasteiger partial charge in [-0.05, 0) is 75.4 Å². The molecule has 0 aliphatic carbocycles. The van der Waals surface area contributed by atoms with E-state index in [2.05, 4.69) is 15.5 Å². The average Bonchev–Trinajstić information content (AvgIpc) is 3.24. The fourth-order valence-corrected chi connectivity index (χ4v) is 3.59. The number of nitrogens with zero attached hydrogens (tertiary/aromatic N) is 1. The van der Waals surface area contributed by atoms with Gasteiger partial charge in [-0.25, -0.2) is 0 Å². The maximum atomic E-state index is 12.9. The zero-order valence-electron chi connectivity index (χ0n) is 17.8. The van der Waals surface area contributed by atoms with Crippen molar-refractivity contribution in [2.75, 3.05) is 28.6 Å². The Morgan fingerprint density at radius 1 is 0.966 bits per heavy atom. The number of anilines is 3. The van der Waals surface area contributed by atoms with E-state index in [4.69, 9.17) is 0 Å². The number of rotatable bonds is 6. The van der Waals surface area contributed by atoms with Gasteiger partial charge in [-0.1, -0.05) is 25.1 Å². The smallest absolute Gasteiger partial charge is 0.239 e. The van der Waals surface area contributed by atoms with Gasteiger partial charge in [-0.2, -0.15) is 0 Å². The number of para-hydroxylation sites is 1. The normalized spacial score (nSPS) is 14.0. The Hall–Kier alpha value is -2.82. The van der Waals surface area contributed by atoms with Crippen molar-refractivity contribution in [2.45, 2.75) is 47.0 Å². The van der Waals surface area contributed by atoms with Gasteiger partial charge in [0, 0.05) is 30.2 Å². The molecule has 0 radical (unpaired) electrons. The first kappa shape index (κ1) is 20.9. The van der Waals surface area contributed by atoms with E-state index >= 15 is 0 Å². The van der Waals surface area contributed by atoms with E-state index in [1.165, 1.54) is 18.5 Å². The summed E-state index contributed by atoms with van der Waals surface area (Å²) in [6, 6.07) is 13.8. The summed E-state index contributed by atoms with van der Waals surface area (Å²) in [5.41, 5.74) is 3.52. The van der Waals surface area contributed by atoms with Crippen molar-refractivity contribution in [3.63, 3.8) is 0 Å². The summed E-state index contributed by atoms with van der Waals surface area (Å²) in [5, 5.41) is 5.87. The first-order valence-electron chi connectivity index (χ1n) is 10.4. The largest absolute Gasteiger partial charge is 0.372 e. The van der Waals surface area contributed by atoms with Crippen LogP contribution >= 0.6 is 0 Å². The number of carbonyl (C=O) groups excluding carboxylic acids is 2. The first-order valence-corrected chi connectivity index (χ1v) is 10.4. The van der Waals surface area contributed by atoms with Crippen LogP contribution in [0, 0.1) is 12.3 Å². The van der Waals surface area contributed by atoms with Crippen LogP contribution in [0.25, 0.3) is 0 Å². The van der Waals surface area contributed by atoms with Crippen molar-refractivity contribution in [1.82, 2.24) is 0 Å². The third-order valence-corrected chi connectivity index (χ3v) is 5.71. The summed E-state index contributed by atoms with van der Waals surface area (Å²) in [6.45, 7) is 9.48. The van der Waals surface area contributed by atoms with Crippen LogP contribution in [0.5, 0.6) is 0 Å². The van der Waals surface area contributed by atoms with Crippen molar-refractivity contribution >= 4 is 28.9 Å². The second-order valence-corrected chi connectivity index (χ2v) is 8.24. The molecule has 0 aromatic heterocycles. The van der Waals surface area contributed by atoms with Crippen LogP contribution in [0.15, 0.2) is 42.5 Å². The summed E-state index contributed by atoms with van der Waals surface area (Å²) in [5.74, 6) is -0.636. The van der Waals surface area contributed by atoms with Crippen LogP contribution in [0.2, 0.25) is 0 Å². The monoisotopic (exact) mass is 393 g/mol. The molecule has 5 heteroatoms. The van der Waals surface area contributed by atoms with Crippen LogP contribution in [-0.4, -0.2) is 24.9 Å². The van der Waals surface area contributed by atoms with Crippen LogP contribution in [-0.2, 0) is 16.0 Å². The number of amides is 2. The zero-order chi connectivity index (χ0) is 21.0. The highest BCUT2D eigenvalue weighted by molar-refractivity contribution is 6.14. The zero-order valence-corrected chi connectivity index (χ0v) is 17.8. The third kappa shape index (κ3) is 4.61. The Morgan fingerprint density at radius 2 is 1.59 bits per heavy atom. The molecule has 0 atom stereocenters. The second kappa shape index (κ2) is 8.68. The minimum Gasteiger partial charge on any atom is -0.372 e. The molecule has 0 saturated carbocycles. The molecule has 1 heterocycles. The number of nitrogens with one attached hydrogen (secondary N) is 2. The lowest BCUT2D eigenvalue weighted by atomic mass is 9.90. The van der Waals surface area contributed by atoms with E-state index < -0.39 is 5.41 Å². The SMILES string of the molecule is CCc1cccc(C)c1NC(=O)C(C)(C)C(=O)Nc1ccc(N2CCCC2)cc1. The second-order valence-electron chi connectivity index (χ2n) is 8.24. The molecule has 29 heavy (non-hydrogen) atoms. The predicted octanol–water partition coefficient (Wildman–Crippen LogP) is 4.76. The molecule has 1 aliphatic rings. The van der Waals surface area contributed by atoms with Gasteiger partial charge < -0.3 is 15.5 Å². The molecule has 1 fully saturated rings. The first-order chi connectivity index (χ1) is 13.8. The number of hydrogen-bond donors (Lipinski definition) is 2. The fourth-order valence-electron chi connectivity index (χ4n) is 3.59. The summed E-state index contributed by atoms with van der Waals surface area (Å²) >= 11 is 0. The van der Waals surface area contributed by atoms with E-state index in [1.54, 1.807) is 13.8 Å². The summed E-state index contributed by atoms with van der Waals surface area (Å²) < 4.78 is 0. The van der Waals surface area contributed by atoms with Gasteiger partial charge in [-0.15, -0.1) is 0 Å². The number of hydrogen-bond acceptors (Lipinski definition) is 3. The van der Waals surface area contributed by atoms with Crippen molar-refractivity contribution in [3.05, 3.63) is 53.6 Å². The van der Waals surface area contributed by atoms with Gasteiger partial charge >= 0.3 is 0 Å². The van der Waals surface area contributed by atoms with Crippen molar-refractivity contribution in [1.29, 1.82) is 0 Å². The number of carbonyl (C=O) groups is 2. The van der Waals surface area contributed by atoms with Crippen LogP contribution in [0.3, 0.4) is 0 Å². The molecule has 2 aromatic rings. The summed E-state index contributed by atoms with van der Waals surface area (Å²) in [6.07, 6.45) is 3.26. The molecular formula is C24H31N3O2. The average molecular weight is 394 g/mol. The lowest BCUT2D eigenvalue weighted by Gasteiger charge is -2.24. The number of benzene rings is 2. The fraction of sp³-hybridized carbons (Fsp3) is 0.417. The molecule has 2 amide bonds. The van der Waals surface area contributed by atoms with E-state index in [-0.39, 0.29) is 11.8 Å². The topological polar surface area (TPSA) is 61.4 Å². The van der Waals surface area contributed by atoms with Crippen LogP contribution in [0.1, 0.15) is 44.7 Å². The molecule has 2 N–H and O–H groups in total. The van der Waals surface area contributed by atoms with Crippen molar-refractivity contribution in [2.24, 2.45) is 5.41 Å². The van der Waals surface area contributed by atoms with Gasteiger partial charge in [0.25, 0.3) is 0 Å². The lowest BCUT2D eigenvalue weighted by Crippen LogP contribution is -2.41. The van der Waals surface area contributed by atoms with Crippen LogP contribution in [0.4, 0.5) is 17.1 Å². The van der Waals surface area contributed by atoms with Gasteiger partial charge in [0.05, 0.1) is 0 Å². The van der Waals surface area contributed by atoms with Gasteiger partial charge in [0.1, 0.15) is 5.41 Å². The Kier molecular flexibility index (Phi) is 6.26. The van der Waals surface area contributed by atoms with E-state index in [1.807, 2.05) is 56.3 Å². The molecule has 2 aromatic carbocycles. The van der Waals surface area contributed by atoms with Gasteiger partial charge in [0.15, 0.2) is 0 Å². The third-order valence-electron chi connectivity index (χ3n) is 5.71. The highest BCUT2D eigenvalue weighted by Gasteiger charge is 2.36. The molecule has 1 aliphatic heterocycles. The lowest BCUT2D eigenvalue weighted by molar-refractivity contribution is -0.135. The summed E-state index contributed by atoms with van der Waals surface area (Å²) in [7, 11) is 0. The maximum Gasteiger partial charge on any atom is 0.239 e. The Morgan fingerprint density at radius 3 is 2.21 bits per heavy atom. The van der Waals surface area contributed by atoms with Gasteiger partial charge in [0.2, 0.25) is 11.8 Å². The molecule has 0 unspecified atom stereocenters. The molecule has 3 rings (SSSR count). The minimum absolute atomic E-state index is 0.312. The number of aryl methyl sites for hydroxylation is 2. The molecule has 154 valence electrons. The van der Waals surface area contributed by atoms with E-state index in [0.717, 1.165) is 36.3 Å². The summed E-state index contributed by atoms with van der Waals surface area (Å²) in [4.78, 5) is 28.1. The van der Waals surface area contributed by atoms with E-state index in [9.17, 15) is 9.59 Å². The molecule has 0 spiro atoms. The van der Waals surface area contributed by atoms with E-state index in [0.29, 0.717) is 5.69 Å². The van der Waals surface area contributed by atoms with Crippen molar-refractivity contribution < 1.29 is 9.59 Å². The van der Waals surface area contributed by atoms with Gasteiger partial charge in [-0.3, -0.25) is 9.59 Å². The molecule has 0 bridgehead atoms. The Balaban J connectivity index is 1.68. The highest BCUT2D eigenvalue weighted by atomic mass is 16.2.